The summed E-state index contributed by atoms with van der Waals surface area (Å²) in [7, 11) is 0. The minimum atomic E-state index is -0.196. The Bertz CT molecular complexity index is 351. The Labute approximate surface area is 107 Å². The molecule has 3 aliphatic carbocycles. The van der Waals surface area contributed by atoms with Gasteiger partial charge in [-0.05, 0) is 49.9 Å². The predicted octanol–water partition coefficient (Wildman–Crippen LogP) is 1.63. The second kappa shape index (κ2) is 4.90. The molecule has 0 unspecified atom stereocenters. The number of esters is 1. The van der Waals surface area contributed by atoms with E-state index in [1.54, 1.807) is 0 Å². The van der Waals surface area contributed by atoms with Crippen LogP contribution in [0.3, 0.4) is 0 Å². The number of carbonyl (C=O) groups excluding carboxylic acids is 2. The van der Waals surface area contributed by atoms with Gasteiger partial charge in [-0.2, -0.15) is 0 Å². The summed E-state index contributed by atoms with van der Waals surface area (Å²) < 4.78 is 5.05. The molecule has 1 N–H and O–H groups in total. The molecule has 3 saturated carbocycles. The molecule has 4 nitrogen and oxygen atoms in total. The van der Waals surface area contributed by atoms with Gasteiger partial charge < -0.3 is 10.1 Å². The highest BCUT2D eigenvalue weighted by Crippen LogP contribution is 2.49. The van der Waals surface area contributed by atoms with Crippen LogP contribution in [0.25, 0.3) is 0 Å². The zero-order valence-electron chi connectivity index (χ0n) is 10.7. The largest absolute Gasteiger partial charge is 0.456 e. The molecule has 4 heteroatoms. The number of nitrogens with one attached hydrogen (secondary N) is 1. The summed E-state index contributed by atoms with van der Waals surface area (Å²) in [6.07, 6.45) is 7.76. The van der Waals surface area contributed by atoms with E-state index < -0.39 is 0 Å². The maximum atomic E-state index is 11.7. The lowest BCUT2D eigenvalue weighted by atomic mass is 9.86. The van der Waals surface area contributed by atoms with Crippen molar-refractivity contribution in [1.82, 2.24) is 5.32 Å². The lowest BCUT2D eigenvalue weighted by Gasteiger charge is -2.20. The fraction of sp³-hybridized carbons (Fsp3) is 0.857. The standard InChI is InChI=1S/C14H21NO3/c16-13(15-12-3-4-12)8-18-14(17)7-11-6-9-1-2-10(11)5-9/h9-12H,1-8H2,(H,15,16)/t9-,10+,11+/m1/s1. The molecule has 0 aliphatic heterocycles. The average molecular weight is 251 g/mol. The Kier molecular flexibility index (Phi) is 3.27. The Morgan fingerprint density at radius 3 is 2.56 bits per heavy atom. The molecule has 3 atom stereocenters. The van der Waals surface area contributed by atoms with Crippen molar-refractivity contribution in [3.8, 4) is 0 Å². The first-order valence-corrected chi connectivity index (χ1v) is 7.15. The predicted molar refractivity (Wildman–Crippen MR) is 65.7 cm³/mol. The summed E-state index contributed by atoms with van der Waals surface area (Å²) in [6, 6.07) is 0.335. The van der Waals surface area contributed by atoms with Crippen LogP contribution in [-0.4, -0.2) is 24.5 Å². The molecule has 0 aromatic carbocycles. The van der Waals surface area contributed by atoms with Crippen molar-refractivity contribution < 1.29 is 14.3 Å². The van der Waals surface area contributed by atoms with Crippen LogP contribution in [-0.2, 0) is 14.3 Å². The topological polar surface area (TPSA) is 55.4 Å². The summed E-state index contributed by atoms with van der Waals surface area (Å²) in [6.45, 7) is -0.101. The van der Waals surface area contributed by atoms with Gasteiger partial charge in [-0.1, -0.05) is 6.42 Å². The Morgan fingerprint density at radius 2 is 1.94 bits per heavy atom. The van der Waals surface area contributed by atoms with Gasteiger partial charge in [0.05, 0.1) is 0 Å². The van der Waals surface area contributed by atoms with Crippen LogP contribution in [0.4, 0.5) is 0 Å². The first-order chi connectivity index (χ1) is 8.70. The normalized spacial score (nSPS) is 33.4. The van der Waals surface area contributed by atoms with Crippen LogP contribution in [0.2, 0.25) is 0 Å². The third-order valence-electron chi connectivity index (χ3n) is 4.62. The van der Waals surface area contributed by atoms with Crippen LogP contribution in [0.5, 0.6) is 0 Å². The van der Waals surface area contributed by atoms with Crippen molar-refractivity contribution in [3.63, 3.8) is 0 Å². The van der Waals surface area contributed by atoms with E-state index in [9.17, 15) is 9.59 Å². The number of carbonyl (C=O) groups is 2. The molecule has 3 fully saturated rings. The molecule has 0 saturated heterocycles. The number of hydrogen-bond donors (Lipinski definition) is 1. The van der Waals surface area contributed by atoms with Gasteiger partial charge in [0, 0.05) is 12.5 Å². The van der Waals surface area contributed by atoms with Gasteiger partial charge >= 0.3 is 5.97 Å². The van der Waals surface area contributed by atoms with Crippen LogP contribution >= 0.6 is 0 Å². The summed E-state index contributed by atoms with van der Waals surface area (Å²) in [5, 5.41) is 2.81. The van der Waals surface area contributed by atoms with E-state index >= 15 is 0 Å². The number of amides is 1. The van der Waals surface area contributed by atoms with Crippen LogP contribution in [0.1, 0.15) is 44.9 Å². The van der Waals surface area contributed by atoms with Crippen molar-refractivity contribution in [2.45, 2.75) is 51.0 Å². The molecular weight excluding hydrogens is 230 g/mol. The third-order valence-corrected chi connectivity index (χ3v) is 4.62. The molecule has 18 heavy (non-hydrogen) atoms. The molecule has 1 amide bonds. The van der Waals surface area contributed by atoms with E-state index in [1.807, 2.05) is 0 Å². The van der Waals surface area contributed by atoms with Gasteiger partial charge in [-0.15, -0.1) is 0 Å². The van der Waals surface area contributed by atoms with Crippen molar-refractivity contribution in [2.24, 2.45) is 17.8 Å². The van der Waals surface area contributed by atoms with Crippen LogP contribution in [0, 0.1) is 17.8 Å². The van der Waals surface area contributed by atoms with Gasteiger partial charge in [0.15, 0.2) is 6.61 Å². The van der Waals surface area contributed by atoms with Crippen molar-refractivity contribution in [3.05, 3.63) is 0 Å². The van der Waals surface area contributed by atoms with Gasteiger partial charge in [0.25, 0.3) is 5.91 Å². The molecule has 0 heterocycles. The van der Waals surface area contributed by atoms with Crippen molar-refractivity contribution in [2.75, 3.05) is 6.61 Å². The van der Waals surface area contributed by atoms with Crippen molar-refractivity contribution >= 4 is 11.9 Å². The monoisotopic (exact) mass is 251 g/mol. The zero-order chi connectivity index (χ0) is 12.5. The number of fused-ring (bicyclic) bond motifs is 2. The van der Waals surface area contributed by atoms with E-state index in [0.29, 0.717) is 18.4 Å². The Hall–Kier alpha value is -1.06. The SMILES string of the molecule is O=C(COC(=O)C[C@@H]1C[C@@H]2CC[C@H]1C2)NC1CC1. The first kappa shape index (κ1) is 12.0. The molecule has 0 aromatic rings. The lowest BCUT2D eigenvalue weighted by Crippen LogP contribution is -2.30. The minimum Gasteiger partial charge on any atom is -0.456 e. The second-order valence-electron chi connectivity index (χ2n) is 6.14. The van der Waals surface area contributed by atoms with E-state index in [-0.39, 0.29) is 18.5 Å². The fourth-order valence-electron chi connectivity index (χ4n) is 3.54. The molecule has 3 aliphatic rings. The first-order valence-electron chi connectivity index (χ1n) is 7.15. The van der Waals surface area contributed by atoms with Gasteiger partial charge in [-0.3, -0.25) is 9.59 Å². The zero-order valence-corrected chi connectivity index (χ0v) is 10.7. The molecular formula is C14H21NO3. The molecule has 0 spiro atoms. The van der Waals surface area contributed by atoms with Gasteiger partial charge in [0.1, 0.15) is 0 Å². The smallest absolute Gasteiger partial charge is 0.306 e. The summed E-state index contributed by atoms with van der Waals surface area (Å²) in [5.41, 5.74) is 0. The molecule has 0 aromatic heterocycles. The minimum absolute atomic E-state index is 0.101. The summed E-state index contributed by atoms with van der Waals surface area (Å²) >= 11 is 0. The highest BCUT2D eigenvalue weighted by atomic mass is 16.5. The maximum Gasteiger partial charge on any atom is 0.306 e. The molecule has 0 radical (unpaired) electrons. The van der Waals surface area contributed by atoms with Gasteiger partial charge in [0.2, 0.25) is 0 Å². The number of rotatable bonds is 5. The fourth-order valence-corrected chi connectivity index (χ4v) is 3.54. The Balaban J connectivity index is 1.35. The van der Waals surface area contributed by atoms with E-state index in [0.717, 1.165) is 24.7 Å². The molecule has 3 rings (SSSR count). The van der Waals surface area contributed by atoms with Crippen molar-refractivity contribution in [1.29, 1.82) is 0 Å². The molecule has 100 valence electrons. The quantitative estimate of drug-likeness (QED) is 0.756. The average Bonchev–Trinajstić information content (AvgIpc) is 2.90. The third kappa shape index (κ3) is 2.85. The number of ether oxygens (including phenoxy) is 1. The van der Waals surface area contributed by atoms with E-state index in [4.69, 9.17) is 4.74 Å². The second-order valence-corrected chi connectivity index (χ2v) is 6.14. The van der Waals surface area contributed by atoms with Gasteiger partial charge in [-0.25, -0.2) is 0 Å². The highest BCUT2D eigenvalue weighted by molar-refractivity contribution is 5.81. The number of hydrogen-bond acceptors (Lipinski definition) is 3. The van der Waals surface area contributed by atoms with E-state index in [2.05, 4.69) is 5.32 Å². The van der Waals surface area contributed by atoms with Crippen LogP contribution in [0.15, 0.2) is 0 Å². The highest BCUT2D eigenvalue weighted by Gasteiger charge is 2.40. The maximum absolute atomic E-state index is 11.7. The Morgan fingerprint density at radius 1 is 1.11 bits per heavy atom. The summed E-state index contributed by atoms with van der Waals surface area (Å²) in [4.78, 5) is 23.1. The summed E-state index contributed by atoms with van der Waals surface area (Å²) in [5.74, 6) is 1.76. The van der Waals surface area contributed by atoms with E-state index in [1.165, 1.54) is 25.7 Å². The van der Waals surface area contributed by atoms with Crippen LogP contribution < -0.4 is 5.32 Å². The lowest BCUT2D eigenvalue weighted by molar-refractivity contribution is -0.149. The molecule has 2 bridgehead atoms.